The Bertz CT molecular complexity index is 1210. The number of hydrogen-bond acceptors (Lipinski definition) is 7. The fourth-order valence-electron chi connectivity index (χ4n) is 3.34. The molecule has 3 amide bonds. The van der Waals surface area contributed by atoms with Gasteiger partial charge in [-0.3, -0.25) is 14.4 Å². The smallest absolute Gasteiger partial charge is 0.254 e. The lowest BCUT2D eigenvalue weighted by Crippen LogP contribution is -2.40. The van der Waals surface area contributed by atoms with Gasteiger partial charge in [0, 0.05) is 30.3 Å². The lowest BCUT2D eigenvalue weighted by molar-refractivity contribution is -0.117. The highest BCUT2D eigenvalue weighted by Gasteiger charge is 2.20. The van der Waals surface area contributed by atoms with E-state index >= 15 is 0 Å². The molecule has 2 aromatic carbocycles. The van der Waals surface area contributed by atoms with Gasteiger partial charge in [-0.1, -0.05) is 6.07 Å². The van der Waals surface area contributed by atoms with Crippen molar-refractivity contribution in [1.82, 2.24) is 9.88 Å². The summed E-state index contributed by atoms with van der Waals surface area (Å²) in [7, 11) is 3.08. The second-order valence-corrected chi connectivity index (χ2v) is 9.02. The van der Waals surface area contributed by atoms with Crippen molar-refractivity contribution in [2.24, 2.45) is 0 Å². The molecule has 36 heavy (non-hydrogen) atoms. The van der Waals surface area contributed by atoms with Crippen LogP contribution in [0.5, 0.6) is 5.75 Å². The van der Waals surface area contributed by atoms with Gasteiger partial charge in [-0.2, -0.15) is 0 Å². The van der Waals surface area contributed by atoms with Crippen molar-refractivity contribution in [3.05, 3.63) is 70.2 Å². The van der Waals surface area contributed by atoms with Gasteiger partial charge in [0.2, 0.25) is 11.8 Å². The monoisotopic (exact) mass is 510 g/mol. The van der Waals surface area contributed by atoms with Gasteiger partial charge in [0.1, 0.15) is 12.3 Å². The summed E-state index contributed by atoms with van der Waals surface area (Å²) < 4.78 is 10.2. The molecule has 0 aliphatic rings. The fourth-order valence-corrected chi connectivity index (χ4v) is 4.06. The highest BCUT2D eigenvalue weighted by molar-refractivity contribution is 7.13. The maximum atomic E-state index is 12.9. The number of nitrogens with one attached hydrogen (secondary N) is 2. The summed E-state index contributed by atoms with van der Waals surface area (Å²) in [6.07, 6.45) is 0.0786. The van der Waals surface area contributed by atoms with Crippen LogP contribution in [0.25, 0.3) is 0 Å². The van der Waals surface area contributed by atoms with Crippen molar-refractivity contribution < 1.29 is 23.9 Å². The van der Waals surface area contributed by atoms with Gasteiger partial charge in [0.15, 0.2) is 5.13 Å². The molecule has 1 heterocycles. The van der Waals surface area contributed by atoms with Gasteiger partial charge in [0.05, 0.1) is 25.8 Å². The van der Waals surface area contributed by atoms with E-state index in [4.69, 9.17) is 9.47 Å². The minimum absolute atomic E-state index is 0.0786. The molecule has 0 saturated carbocycles. The Labute approximate surface area is 214 Å². The van der Waals surface area contributed by atoms with Crippen LogP contribution in [0.15, 0.2) is 47.8 Å². The predicted molar refractivity (Wildman–Crippen MR) is 140 cm³/mol. The standard InChI is InChI=1S/C26H30N4O5S/c1-17-5-8-20(13-18(17)2)27-23(31)14-21-16-36-26(28-21)29-24(32)15-30(11-12-34-3)25(33)19-6-9-22(35-4)10-7-19/h5-10,13,16H,11-12,14-15H2,1-4H3,(H,27,31)(H,28,29,32). The van der Waals surface area contributed by atoms with Crippen LogP contribution in [0.2, 0.25) is 0 Å². The summed E-state index contributed by atoms with van der Waals surface area (Å²) in [6.45, 7) is 4.36. The number of methoxy groups -OCH3 is 2. The first-order valence-electron chi connectivity index (χ1n) is 11.3. The molecule has 190 valence electrons. The molecule has 9 nitrogen and oxygen atoms in total. The number of aryl methyl sites for hydroxylation is 2. The first kappa shape index (κ1) is 26.8. The van der Waals surface area contributed by atoms with Gasteiger partial charge < -0.3 is 25.0 Å². The van der Waals surface area contributed by atoms with E-state index in [0.717, 1.165) is 16.8 Å². The van der Waals surface area contributed by atoms with E-state index in [2.05, 4.69) is 15.6 Å². The highest BCUT2D eigenvalue weighted by Crippen LogP contribution is 2.18. The van der Waals surface area contributed by atoms with Gasteiger partial charge >= 0.3 is 0 Å². The molecular weight excluding hydrogens is 480 g/mol. The number of nitrogens with zero attached hydrogens (tertiary/aromatic N) is 2. The van der Waals surface area contributed by atoms with Crippen LogP contribution in [0.1, 0.15) is 27.2 Å². The quantitative estimate of drug-likeness (QED) is 0.407. The second kappa shape index (κ2) is 12.8. The Morgan fingerprint density at radius 2 is 1.72 bits per heavy atom. The van der Waals surface area contributed by atoms with E-state index < -0.39 is 5.91 Å². The third-order valence-corrected chi connectivity index (χ3v) is 6.26. The van der Waals surface area contributed by atoms with Crippen LogP contribution >= 0.6 is 11.3 Å². The van der Waals surface area contributed by atoms with Crippen molar-refractivity contribution in [3.8, 4) is 5.75 Å². The molecule has 0 atom stereocenters. The zero-order chi connectivity index (χ0) is 26.1. The van der Waals surface area contributed by atoms with Crippen molar-refractivity contribution in [1.29, 1.82) is 0 Å². The van der Waals surface area contributed by atoms with Gasteiger partial charge in [-0.15, -0.1) is 11.3 Å². The van der Waals surface area contributed by atoms with Gasteiger partial charge in [-0.05, 0) is 61.4 Å². The number of carbonyl (C=O) groups excluding carboxylic acids is 3. The van der Waals surface area contributed by atoms with E-state index in [0.29, 0.717) is 22.1 Å². The molecule has 0 bridgehead atoms. The third kappa shape index (κ3) is 7.62. The number of aromatic nitrogens is 1. The average molecular weight is 511 g/mol. The third-order valence-electron chi connectivity index (χ3n) is 5.45. The molecule has 1 aromatic heterocycles. The average Bonchev–Trinajstić information content (AvgIpc) is 3.29. The summed E-state index contributed by atoms with van der Waals surface area (Å²) in [4.78, 5) is 43.8. The van der Waals surface area contributed by atoms with Crippen molar-refractivity contribution in [2.75, 3.05) is 44.5 Å². The maximum absolute atomic E-state index is 12.9. The second-order valence-electron chi connectivity index (χ2n) is 8.16. The molecule has 3 rings (SSSR count). The van der Waals surface area contributed by atoms with E-state index in [-0.39, 0.29) is 37.9 Å². The SMILES string of the molecule is COCCN(CC(=O)Nc1nc(CC(=O)Nc2ccc(C)c(C)c2)cs1)C(=O)c1ccc(OC)cc1. The first-order valence-corrected chi connectivity index (χ1v) is 12.2. The lowest BCUT2D eigenvalue weighted by Gasteiger charge is -2.21. The maximum Gasteiger partial charge on any atom is 0.254 e. The molecule has 0 spiro atoms. The van der Waals surface area contributed by atoms with E-state index in [1.54, 1.807) is 36.8 Å². The molecule has 3 aromatic rings. The number of carbonyl (C=O) groups is 3. The summed E-state index contributed by atoms with van der Waals surface area (Å²) >= 11 is 1.22. The van der Waals surface area contributed by atoms with Crippen molar-refractivity contribution in [3.63, 3.8) is 0 Å². The number of benzene rings is 2. The van der Waals surface area contributed by atoms with Crippen molar-refractivity contribution >= 4 is 39.9 Å². The number of amides is 3. The zero-order valence-electron chi connectivity index (χ0n) is 20.8. The minimum Gasteiger partial charge on any atom is -0.497 e. The number of rotatable bonds is 11. The number of ether oxygens (including phenoxy) is 2. The van der Waals surface area contributed by atoms with Crippen LogP contribution in [-0.2, 0) is 20.7 Å². The van der Waals surface area contributed by atoms with Crippen LogP contribution in [0.3, 0.4) is 0 Å². The van der Waals surface area contributed by atoms with E-state index in [9.17, 15) is 14.4 Å². The van der Waals surface area contributed by atoms with Crippen LogP contribution < -0.4 is 15.4 Å². The lowest BCUT2D eigenvalue weighted by atomic mass is 10.1. The molecule has 0 radical (unpaired) electrons. The van der Waals surface area contributed by atoms with Crippen LogP contribution in [-0.4, -0.2) is 61.5 Å². The summed E-state index contributed by atoms with van der Waals surface area (Å²) in [5.41, 5.74) is 3.95. The topological polar surface area (TPSA) is 110 Å². The Kier molecular flexibility index (Phi) is 9.54. The first-order chi connectivity index (χ1) is 17.3. The van der Waals surface area contributed by atoms with Gasteiger partial charge in [-0.25, -0.2) is 4.98 Å². The number of anilines is 2. The Hall–Kier alpha value is -3.76. The molecule has 2 N–H and O–H groups in total. The Morgan fingerprint density at radius 1 is 0.972 bits per heavy atom. The predicted octanol–water partition coefficient (Wildman–Crippen LogP) is 3.68. The Morgan fingerprint density at radius 3 is 2.39 bits per heavy atom. The summed E-state index contributed by atoms with van der Waals surface area (Å²) in [6, 6.07) is 12.4. The molecule has 0 aliphatic carbocycles. The molecule has 10 heteroatoms. The molecule has 0 aliphatic heterocycles. The largest absolute Gasteiger partial charge is 0.497 e. The normalized spacial score (nSPS) is 10.6. The fraction of sp³-hybridized carbons (Fsp3) is 0.308. The van der Waals surface area contributed by atoms with Crippen LogP contribution in [0.4, 0.5) is 10.8 Å². The van der Waals surface area contributed by atoms with E-state index in [1.165, 1.54) is 23.3 Å². The highest BCUT2D eigenvalue weighted by atomic mass is 32.1. The Balaban J connectivity index is 1.57. The molecular formula is C26H30N4O5S. The molecule has 0 unspecified atom stereocenters. The van der Waals surface area contributed by atoms with E-state index in [1.807, 2.05) is 32.0 Å². The molecule has 0 saturated heterocycles. The zero-order valence-corrected chi connectivity index (χ0v) is 21.6. The number of hydrogen-bond donors (Lipinski definition) is 2. The van der Waals surface area contributed by atoms with Gasteiger partial charge in [0.25, 0.3) is 5.91 Å². The van der Waals surface area contributed by atoms with Crippen molar-refractivity contribution in [2.45, 2.75) is 20.3 Å². The number of thiazole rings is 1. The summed E-state index contributed by atoms with van der Waals surface area (Å²) in [5, 5.41) is 7.66. The minimum atomic E-state index is -0.395. The molecule has 0 fully saturated rings. The van der Waals surface area contributed by atoms with Crippen LogP contribution in [0, 0.1) is 13.8 Å². The summed E-state index contributed by atoms with van der Waals surface area (Å²) in [5.74, 6) is -0.256.